The molecule has 0 radical (unpaired) electrons. The smallest absolute Gasteiger partial charge is 0.255 e. The second-order valence-electron chi connectivity index (χ2n) is 7.23. The lowest BCUT2D eigenvalue weighted by atomic mass is 9.74. The summed E-state index contributed by atoms with van der Waals surface area (Å²) in [5, 5.41) is 3.21. The van der Waals surface area contributed by atoms with Crippen molar-refractivity contribution in [2.24, 2.45) is 0 Å². The van der Waals surface area contributed by atoms with Gasteiger partial charge in [-0.05, 0) is 43.5 Å². The maximum atomic E-state index is 12.7. The van der Waals surface area contributed by atoms with Crippen molar-refractivity contribution in [2.75, 3.05) is 13.1 Å². The number of likely N-dealkylation sites (tertiary alicyclic amines) is 1. The Morgan fingerprint density at radius 1 is 1.23 bits per heavy atom. The van der Waals surface area contributed by atoms with Gasteiger partial charge in [-0.2, -0.15) is 0 Å². The lowest BCUT2D eigenvalue weighted by molar-refractivity contribution is -0.120. The number of nitrogens with zero attached hydrogens (tertiary/aromatic N) is 3. The fourth-order valence-corrected chi connectivity index (χ4v) is 4.17. The van der Waals surface area contributed by atoms with Crippen molar-refractivity contribution >= 4 is 11.8 Å². The van der Waals surface area contributed by atoms with Gasteiger partial charge < -0.3 is 10.2 Å². The van der Waals surface area contributed by atoms with Crippen LogP contribution in [0.2, 0.25) is 0 Å². The third-order valence-corrected chi connectivity index (χ3v) is 5.63. The molecule has 0 aliphatic carbocycles. The lowest BCUT2D eigenvalue weighted by Gasteiger charge is -2.42. The minimum absolute atomic E-state index is 0.00889. The largest absolute Gasteiger partial charge is 0.350 e. The van der Waals surface area contributed by atoms with Crippen LogP contribution in [0.15, 0.2) is 42.9 Å². The number of aromatic nitrogens is 2. The Bertz CT molecular complexity index is 811. The van der Waals surface area contributed by atoms with Crippen LogP contribution in [0.1, 0.15) is 46.8 Å². The number of nitrogens with one attached hydrogen (secondary N) is 1. The second kappa shape index (κ2) is 6.52. The Balaban J connectivity index is 1.50. The van der Waals surface area contributed by atoms with Gasteiger partial charge in [0.25, 0.3) is 5.91 Å². The third-order valence-electron chi connectivity index (χ3n) is 5.63. The van der Waals surface area contributed by atoms with Gasteiger partial charge in [0, 0.05) is 49.7 Å². The molecule has 1 spiro atoms. The van der Waals surface area contributed by atoms with Crippen LogP contribution in [-0.2, 0) is 4.79 Å². The molecule has 1 atom stereocenters. The predicted octanol–water partition coefficient (Wildman–Crippen LogP) is 2.06. The first-order valence-corrected chi connectivity index (χ1v) is 9.00. The number of hydrogen-bond donors (Lipinski definition) is 1. The number of amides is 2. The average Bonchev–Trinajstić information content (AvgIpc) is 2.99. The second-order valence-corrected chi connectivity index (χ2v) is 7.23. The third kappa shape index (κ3) is 2.96. The molecule has 4 rings (SSSR count). The summed E-state index contributed by atoms with van der Waals surface area (Å²) in [5.41, 5.74) is 2.33. The number of rotatable bonds is 2. The summed E-state index contributed by atoms with van der Waals surface area (Å²) in [7, 11) is 0. The molecular formula is C20H22N4O2. The first-order chi connectivity index (χ1) is 12.6. The van der Waals surface area contributed by atoms with E-state index >= 15 is 0 Å². The van der Waals surface area contributed by atoms with E-state index < -0.39 is 0 Å². The Morgan fingerprint density at radius 3 is 2.69 bits per heavy atom. The molecule has 0 bridgehead atoms. The van der Waals surface area contributed by atoms with Gasteiger partial charge >= 0.3 is 0 Å². The summed E-state index contributed by atoms with van der Waals surface area (Å²) in [5.74, 6) is 0.206. The van der Waals surface area contributed by atoms with Crippen molar-refractivity contribution in [2.45, 2.75) is 37.6 Å². The number of hydrogen-bond acceptors (Lipinski definition) is 4. The molecule has 2 aliphatic rings. The van der Waals surface area contributed by atoms with E-state index in [1.54, 1.807) is 12.4 Å². The van der Waals surface area contributed by atoms with E-state index in [0.29, 0.717) is 25.1 Å². The molecule has 2 fully saturated rings. The van der Waals surface area contributed by atoms with Gasteiger partial charge in [-0.3, -0.25) is 19.6 Å². The van der Waals surface area contributed by atoms with Gasteiger partial charge in [-0.15, -0.1) is 0 Å². The summed E-state index contributed by atoms with van der Waals surface area (Å²) < 4.78 is 0. The van der Waals surface area contributed by atoms with Crippen LogP contribution in [0.5, 0.6) is 0 Å². The normalized spacial score (nSPS) is 21.7. The highest BCUT2D eigenvalue weighted by molar-refractivity contribution is 5.94. The van der Waals surface area contributed by atoms with Gasteiger partial charge in [-0.1, -0.05) is 6.07 Å². The van der Waals surface area contributed by atoms with E-state index in [1.165, 1.54) is 0 Å². The molecule has 134 valence electrons. The Kier molecular flexibility index (Phi) is 4.18. The minimum atomic E-state index is -0.275. The van der Waals surface area contributed by atoms with Crippen molar-refractivity contribution in [3.63, 3.8) is 0 Å². The molecule has 6 nitrogen and oxygen atoms in total. The molecule has 2 aromatic rings. The van der Waals surface area contributed by atoms with E-state index in [4.69, 9.17) is 0 Å². The van der Waals surface area contributed by atoms with E-state index in [-0.39, 0.29) is 23.3 Å². The quantitative estimate of drug-likeness (QED) is 0.900. The Hall–Kier alpha value is -2.76. The van der Waals surface area contributed by atoms with Crippen LogP contribution in [-0.4, -0.2) is 45.3 Å². The monoisotopic (exact) mass is 350 g/mol. The maximum absolute atomic E-state index is 12.7. The van der Waals surface area contributed by atoms with E-state index in [1.807, 2.05) is 42.3 Å². The molecule has 2 saturated heterocycles. The van der Waals surface area contributed by atoms with Gasteiger partial charge in [0.2, 0.25) is 5.91 Å². The van der Waals surface area contributed by atoms with Gasteiger partial charge in [0.1, 0.15) is 0 Å². The van der Waals surface area contributed by atoms with Crippen LogP contribution in [0.25, 0.3) is 0 Å². The summed E-state index contributed by atoms with van der Waals surface area (Å²) in [4.78, 5) is 35.2. The topological polar surface area (TPSA) is 75.2 Å². The zero-order valence-corrected chi connectivity index (χ0v) is 14.8. The number of aryl methyl sites for hydroxylation is 1. The summed E-state index contributed by atoms with van der Waals surface area (Å²) in [6.07, 6.45) is 7.23. The fourth-order valence-electron chi connectivity index (χ4n) is 4.17. The standard InChI is InChI=1S/C20H22N4O2/c1-14-4-5-16(13-22-14)19(26)24-9-6-20(7-10-24)17(11-18(25)23-20)15-3-2-8-21-12-15/h2-5,8,12-13,17H,6-7,9-11H2,1H3,(H,23,25). The van der Waals surface area contributed by atoms with Gasteiger partial charge in [0.15, 0.2) is 0 Å². The molecule has 4 heterocycles. The van der Waals surface area contributed by atoms with Crippen LogP contribution in [0, 0.1) is 6.92 Å². The molecule has 26 heavy (non-hydrogen) atoms. The predicted molar refractivity (Wildman–Crippen MR) is 96.6 cm³/mol. The zero-order chi connectivity index (χ0) is 18.1. The summed E-state index contributed by atoms with van der Waals surface area (Å²) in [6.45, 7) is 3.16. The maximum Gasteiger partial charge on any atom is 0.255 e. The lowest BCUT2D eigenvalue weighted by Crippen LogP contribution is -2.54. The number of pyridine rings is 2. The van der Waals surface area contributed by atoms with Crippen molar-refractivity contribution < 1.29 is 9.59 Å². The van der Waals surface area contributed by atoms with Crippen molar-refractivity contribution in [1.29, 1.82) is 0 Å². The molecule has 1 N–H and O–H groups in total. The van der Waals surface area contributed by atoms with Crippen LogP contribution in [0.3, 0.4) is 0 Å². The van der Waals surface area contributed by atoms with E-state index in [2.05, 4.69) is 15.3 Å². The van der Waals surface area contributed by atoms with E-state index in [0.717, 1.165) is 24.1 Å². The fraction of sp³-hybridized carbons (Fsp3) is 0.400. The van der Waals surface area contributed by atoms with Crippen molar-refractivity contribution in [3.05, 3.63) is 59.7 Å². The zero-order valence-electron chi connectivity index (χ0n) is 14.8. The molecular weight excluding hydrogens is 328 g/mol. The summed E-state index contributed by atoms with van der Waals surface area (Å²) >= 11 is 0. The van der Waals surface area contributed by atoms with Crippen molar-refractivity contribution in [1.82, 2.24) is 20.2 Å². The number of piperidine rings is 1. The first kappa shape index (κ1) is 16.7. The Morgan fingerprint density at radius 2 is 2.04 bits per heavy atom. The SMILES string of the molecule is Cc1ccc(C(=O)N2CCC3(CC2)NC(=O)CC3c2cccnc2)cn1. The highest BCUT2D eigenvalue weighted by atomic mass is 16.2. The molecule has 6 heteroatoms. The highest BCUT2D eigenvalue weighted by Gasteiger charge is 2.49. The summed E-state index contributed by atoms with van der Waals surface area (Å²) in [6, 6.07) is 7.63. The van der Waals surface area contributed by atoms with E-state index in [9.17, 15) is 9.59 Å². The Labute approximate surface area is 152 Å². The first-order valence-electron chi connectivity index (χ1n) is 9.00. The van der Waals surface area contributed by atoms with Crippen LogP contribution in [0.4, 0.5) is 0 Å². The minimum Gasteiger partial charge on any atom is -0.350 e. The molecule has 0 saturated carbocycles. The molecule has 1 unspecified atom stereocenters. The molecule has 2 amide bonds. The van der Waals surface area contributed by atoms with Crippen LogP contribution < -0.4 is 5.32 Å². The molecule has 2 aromatic heterocycles. The average molecular weight is 350 g/mol. The van der Waals surface area contributed by atoms with Crippen molar-refractivity contribution in [3.8, 4) is 0 Å². The van der Waals surface area contributed by atoms with Gasteiger partial charge in [-0.25, -0.2) is 0 Å². The highest BCUT2D eigenvalue weighted by Crippen LogP contribution is 2.43. The molecule has 2 aliphatic heterocycles. The van der Waals surface area contributed by atoms with Crippen LogP contribution >= 0.6 is 0 Å². The van der Waals surface area contributed by atoms with Gasteiger partial charge in [0.05, 0.1) is 11.1 Å². The molecule has 0 aromatic carbocycles. The number of carbonyl (C=O) groups excluding carboxylic acids is 2. The number of carbonyl (C=O) groups is 2.